The van der Waals surface area contributed by atoms with Gasteiger partial charge in [-0.1, -0.05) is 78.1 Å². The monoisotopic (exact) mass is 904 g/mol. The van der Waals surface area contributed by atoms with Gasteiger partial charge in [0, 0.05) is 0 Å². The number of rotatable bonds is 11. The maximum Gasteiger partial charge on any atom is 0.346 e. The maximum atomic E-state index is 13.3. The van der Waals surface area contributed by atoms with Gasteiger partial charge < -0.3 is 18.9 Å². The summed E-state index contributed by atoms with van der Waals surface area (Å²) in [4.78, 5) is 74.9. The van der Waals surface area contributed by atoms with Gasteiger partial charge >= 0.3 is 35.8 Å². The van der Waals surface area contributed by atoms with Gasteiger partial charge in [0.15, 0.2) is 0 Å². The molecule has 0 saturated heterocycles. The molecule has 10 nitrogen and oxygen atoms in total. The van der Waals surface area contributed by atoms with E-state index in [1.807, 2.05) is 24.3 Å². The van der Waals surface area contributed by atoms with Crippen molar-refractivity contribution in [2.75, 3.05) is 0 Å². The second kappa shape index (κ2) is 17.3. The second-order valence-electron chi connectivity index (χ2n) is 21.6. The largest absolute Gasteiger partial charge is 0.423 e. The number of esters is 6. The SMILES string of the molecule is CC(C)CCCC(C)C1CCC2C3CCC4CC(c5ccc(OC(=O)c6ccc7c(c6)C(=O)OC7=O)cc5)C(c5ccc(OC(=O)c6ccc7c(c6)C(=O)OC7=O)cc5)CC4(C)C3CCC12C. The number of benzene rings is 4. The Morgan fingerprint density at radius 3 is 1.67 bits per heavy atom. The van der Waals surface area contributed by atoms with Crippen LogP contribution < -0.4 is 9.47 Å². The van der Waals surface area contributed by atoms with Crippen LogP contribution in [0.3, 0.4) is 0 Å². The highest BCUT2D eigenvalue weighted by molar-refractivity contribution is 6.16. The van der Waals surface area contributed by atoms with Crippen molar-refractivity contribution < 1.29 is 47.7 Å². The van der Waals surface area contributed by atoms with Crippen LogP contribution in [0.25, 0.3) is 0 Å². The van der Waals surface area contributed by atoms with E-state index in [2.05, 4.69) is 58.9 Å². The molecule has 4 aliphatic carbocycles. The third kappa shape index (κ3) is 8.01. The number of cyclic esters (lactones) is 4. The van der Waals surface area contributed by atoms with Crippen molar-refractivity contribution in [2.24, 2.45) is 52.3 Å². The first-order valence-corrected chi connectivity index (χ1v) is 24.6. The lowest BCUT2D eigenvalue weighted by molar-refractivity contribution is -0.120. The Morgan fingerprint density at radius 2 is 1.12 bits per heavy atom. The van der Waals surface area contributed by atoms with E-state index in [-0.39, 0.29) is 50.6 Å². The molecule has 4 aromatic carbocycles. The van der Waals surface area contributed by atoms with E-state index in [9.17, 15) is 28.8 Å². The van der Waals surface area contributed by atoms with Gasteiger partial charge in [-0.25, -0.2) is 28.8 Å². The molecule has 2 aliphatic heterocycles. The molecule has 0 amide bonds. The van der Waals surface area contributed by atoms with E-state index >= 15 is 0 Å². The summed E-state index contributed by atoms with van der Waals surface area (Å²) in [5, 5.41) is 0. The Labute approximate surface area is 392 Å². The van der Waals surface area contributed by atoms with Crippen molar-refractivity contribution in [2.45, 2.75) is 117 Å². The Balaban J connectivity index is 0.902. The lowest BCUT2D eigenvalue weighted by atomic mass is 9.42. The average molecular weight is 905 g/mol. The van der Waals surface area contributed by atoms with Crippen molar-refractivity contribution in [3.05, 3.63) is 129 Å². The summed E-state index contributed by atoms with van der Waals surface area (Å²) in [6.07, 6.45) is 13.9. The van der Waals surface area contributed by atoms with Crippen molar-refractivity contribution in [3.63, 3.8) is 0 Å². The number of carbonyl (C=O) groups is 6. The third-order valence-electron chi connectivity index (χ3n) is 17.7. The van der Waals surface area contributed by atoms with Crippen molar-refractivity contribution in [3.8, 4) is 11.5 Å². The number of carbonyl (C=O) groups excluding carboxylic acids is 6. The van der Waals surface area contributed by atoms with Crippen LogP contribution in [0.15, 0.2) is 84.9 Å². The summed E-state index contributed by atoms with van der Waals surface area (Å²) in [7, 11) is 0. The fraction of sp³-hybridized carbons (Fsp3) is 0.474. The van der Waals surface area contributed by atoms with Crippen molar-refractivity contribution >= 4 is 35.8 Å². The van der Waals surface area contributed by atoms with Crippen LogP contribution in [-0.4, -0.2) is 35.8 Å². The molecule has 348 valence electrons. The maximum absolute atomic E-state index is 13.3. The summed E-state index contributed by atoms with van der Waals surface area (Å²) in [6.45, 7) is 12.5. The van der Waals surface area contributed by atoms with Crippen molar-refractivity contribution in [1.29, 1.82) is 0 Å². The Hall–Kier alpha value is -5.90. The molecule has 0 N–H and O–H groups in total. The van der Waals surface area contributed by atoms with Gasteiger partial charge in [-0.15, -0.1) is 0 Å². The van der Waals surface area contributed by atoms with E-state index < -0.39 is 35.8 Å². The average Bonchev–Trinajstić information content (AvgIpc) is 3.93. The first kappa shape index (κ1) is 44.9. The molecule has 0 spiro atoms. The van der Waals surface area contributed by atoms with Crippen LogP contribution in [0.2, 0.25) is 0 Å². The minimum Gasteiger partial charge on any atom is -0.423 e. The van der Waals surface area contributed by atoms with E-state index in [1.54, 1.807) is 0 Å². The Kier molecular flexibility index (Phi) is 11.6. The van der Waals surface area contributed by atoms with Crippen molar-refractivity contribution in [1.82, 2.24) is 0 Å². The van der Waals surface area contributed by atoms with E-state index in [1.165, 1.54) is 99.7 Å². The van der Waals surface area contributed by atoms with E-state index in [0.717, 1.165) is 48.0 Å². The molecule has 0 bridgehead atoms. The van der Waals surface area contributed by atoms with Crippen LogP contribution >= 0.6 is 0 Å². The lowest BCUT2D eigenvalue weighted by Gasteiger charge is -2.62. The molecule has 10 atom stereocenters. The van der Waals surface area contributed by atoms with E-state index in [0.29, 0.717) is 28.7 Å². The molecule has 4 saturated carbocycles. The molecule has 4 fully saturated rings. The smallest absolute Gasteiger partial charge is 0.346 e. The number of hydrogen-bond acceptors (Lipinski definition) is 10. The molecular weight excluding hydrogens is 845 g/mol. The number of fused-ring (bicyclic) bond motifs is 7. The molecule has 10 heteroatoms. The van der Waals surface area contributed by atoms with Gasteiger partial charge in [0.25, 0.3) is 0 Å². The zero-order chi connectivity index (χ0) is 46.9. The predicted molar refractivity (Wildman–Crippen MR) is 249 cm³/mol. The third-order valence-corrected chi connectivity index (χ3v) is 17.7. The highest BCUT2D eigenvalue weighted by Crippen LogP contribution is 2.70. The fourth-order valence-corrected chi connectivity index (χ4v) is 14.4. The van der Waals surface area contributed by atoms with Gasteiger partial charge in [0.2, 0.25) is 0 Å². The Morgan fingerprint density at radius 1 is 0.597 bits per heavy atom. The van der Waals surface area contributed by atoms with E-state index in [4.69, 9.17) is 18.9 Å². The highest BCUT2D eigenvalue weighted by Gasteiger charge is 2.61. The summed E-state index contributed by atoms with van der Waals surface area (Å²) < 4.78 is 21.0. The minimum absolute atomic E-state index is 0.0493. The van der Waals surface area contributed by atoms with Gasteiger partial charge in [-0.3, -0.25) is 0 Å². The second-order valence-corrected chi connectivity index (χ2v) is 21.6. The van der Waals surface area contributed by atoms with Crippen LogP contribution in [-0.2, 0) is 9.47 Å². The van der Waals surface area contributed by atoms with Crippen LogP contribution in [0.5, 0.6) is 11.5 Å². The van der Waals surface area contributed by atoms with Crippen LogP contribution in [0.1, 0.15) is 190 Å². The zero-order valence-electron chi connectivity index (χ0n) is 39.1. The first-order valence-electron chi connectivity index (χ1n) is 24.6. The fourth-order valence-electron chi connectivity index (χ4n) is 14.4. The molecule has 4 aromatic rings. The molecule has 10 rings (SSSR count). The van der Waals surface area contributed by atoms with Gasteiger partial charge in [-0.05, 0) is 187 Å². The summed E-state index contributed by atoms with van der Waals surface area (Å²) in [6, 6.07) is 24.1. The van der Waals surface area contributed by atoms with Gasteiger partial charge in [-0.2, -0.15) is 0 Å². The quantitative estimate of drug-likeness (QED) is 0.0811. The molecule has 67 heavy (non-hydrogen) atoms. The van der Waals surface area contributed by atoms with Crippen LogP contribution in [0, 0.1) is 52.3 Å². The summed E-state index contributed by atoms with van der Waals surface area (Å²) in [5.41, 5.74) is 3.54. The van der Waals surface area contributed by atoms with Gasteiger partial charge in [0.05, 0.1) is 33.4 Å². The zero-order valence-corrected chi connectivity index (χ0v) is 39.1. The Bertz CT molecular complexity index is 2660. The predicted octanol–water partition coefficient (Wildman–Crippen LogP) is 12.3. The standard InChI is InChI=1S/C57H60O10/c1-31(2)7-6-8-32(3)47-23-24-48-42-22-15-37-29-43(33-9-16-38(17-10-33)64-50(58)35-13-20-40-44(27-35)54(62)66-52(40)60)46(30-57(37,5)49(42)25-26-56(47,48)4)34-11-18-39(19-12-34)65-51(59)36-14-21-41-45(28-36)55(63)67-53(41)61/h9-14,16-21,27-28,31-32,37,42-43,46-49H,6-8,15,22-26,29-30H2,1-5H3. The highest BCUT2D eigenvalue weighted by atomic mass is 16.6. The number of hydrogen-bond donors (Lipinski definition) is 0. The van der Waals surface area contributed by atoms with Gasteiger partial charge in [0.1, 0.15) is 11.5 Å². The lowest BCUT2D eigenvalue weighted by Crippen LogP contribution is -2.54. The topological polar surface area (TPSA) is 139 Å². The molecular formula is C57H60O10. The molecule has 6 aliphatic rings. The molecule has 0 aromatic heterocycles. The molecule has 0 radical (unpaired) electrons. The van der Waals surface area contributed by atoms with Crippen LogP contribution in [0.4, 0.5) is 0 Å². The number of ether oxygens (including phenoxy) is 4. The normalized spacial score (nSPS) is 29.8. The molecule has 10 unspecified atom stereocenters. The summed E-state index contributed by atoms with van der Waals surface area (Å²) in [5.74, 6) is 1.83. The first-order chi connectivity index (χ1) is 32.1. The summed E-state index contributed by atoms with van der Waals surface area (Å²) >= 11 is 0. The molecule has 2 heterocycles. The minimum atomic E-state index is -0.780.